The molecule has 3 N–H and O–H groups in total. The lowest BCUT2D eigenvalue weighted by atomic mass is 10.1. The summed E-state index contributed by atoms with van der Waals surface area (Å²) in [5, 5.41) is 2.96. The van der Waals surface area contributed by atoms with E-state index in [1.54, 1.807) is 0 Å². The first-order valence-electron chi connectivity index (χ1n) is 5.39. The van der Waals surface area contributed by atoms with Crippen LogP contribution >= 0.6 is 0 Å². The van der Waals surface area contributed by atoms with Crippen LogP contribution in [0.25, 0.3) is 0 Å². The summed E-state index contributed by atoms with van der Waals surface area (Å²) >= 11 is 0. The molecule has 1 amide bonds. The van der Waals surface area contributed by atoms with Crippen LogP contribution in [0.15, 0.2) is 24.3 Å². The van der Waals surface area contributed by atoms with Crippen molar-refractivity contribution >= 4 is 5.91 Å². The molecule has 80 valence electrons. The standard InChI is InChI=1S/C12H16N2O/c13-8-7-9-1-3-10(4-2-9)12(15)14-11-5-6-11/h1-4,11H,5-8,13H2,(H,14,15). The summed E-state index contributed by atoms with van der Waals surface area (Å²) in [6.45, 7) is 0.646. The highest BCUT2D eigenvalue weighted by atomic mass is 16.1. The van der Waals surface area contributed by atoms with Crippen molar-refractivity contribution in [3.8, 4) is 0 Å². The van der Waals surface area contributed by atoms with Crippen LogP contribution in [0.4, 0.5) is 0 Å². The van der Waals surface area contributed by atoms with E-state index in [-0.39, 0.29) is 5.91 Å². The van der Waals surface area contributed by atoms with Crippen molar-refractivity contribution in [2.75, 3.05) is 6.54 Å². The third kappa shape index (κ3) is 2.80. The molecule has 0 spiro atoms. The topological polar surface area (TPSA) is 55.1 Å². The van der Waals surface area contributed by atoms with Crippen molar-refractivity contribution in [3.63, 3.8) is 0 Å². The van der Waals surface area contributed by atoms with Gasteiger partial charge in [0, 0.05) is 11.6 Å². The molecule has 1 aliphatic rings. The molecule has 1 fully saturated rings. The van der Waals surface area contributed by atoms with Crippen LogP contribution in [0.1, 0.15) is 28.8 Å². The fourth-order valence-corrected chi connectivity index (χ4v) is 1.49. The van der Waals surface area contributed by atoms with Gasteiger partial charge >= 0.3 is 0 Å². The monoisotopic (exact) mass is 204 g/mol. The van der Waals surface area contributed by atoms with Gasteiger partial charge in [-0.3, -0.25) is 4.79 Å². The van der Waals surface area contributed by atoms with Gasteiger partial charge in [-0.25, -0.2) is 0 Å². The van der Waals surface area contributed by atoms with Gasteiger partial charge < -0.3 is 11.1 Å². The number of hydrogen-bond acceptors (Lipinski definition) is 2. The normalized spacial score (nSPS) is 15.0. The number of carbonyl (C=O) groups excluding carboxylic acids is 1. The van der Waals surface area contributed by atoms with Crippen LogP contribution < -0.4 is 11.1 Å². The van der Waals surface area contributed by atoms with E-state index in [4.69, 9.17) is 5.73 Å². The molecule has 1 aliphatic carbocycles. The molecule has 1 saturated carbocycles. The summed E-state index contributed by atoms with van der Waals surface area (Å²) in [4.78, 5) is 11.6. The third-order valence-corrected chi connectivity index (χ3v) is 2.56. The highest BCUT2D eigenvalue weighted by Crippen LogP contribution is 2.19. The minimum atomic E-state index is 0.0387. The van der Waals surface area contributed by atoms with Crippen LogP contribution in [0, 0.1) is 0 Å². The smallest absolute Gasteiger partial charge is 0.251 e. The summed E-state index contributed by atoms with van der Waals surface area (Å²) in [7, 11) is 0. The molecule has 0 radical (unpaired) electrons. The first-order valence-corrected chi connectivity index (χ1v) is 5.39. The molecule has 0 atom stereocenters. The Morgan fingerprint density at radius 1 is 1.33 bits per heavy atom. The molecule has 15 heavy (non-hydrogen) atoms. The number of nitrogens with one attached hydrogen (secondary N) is 1. The number of benzene rings is 1. The molecule has 3 heteroatoms. The third-order valence-electron chi connectivity index (χ3n) is 2.56. The van der Waals surface area contributed by atoms with Gasteiger partial charge in [0.15, 0.2) is 0 Å². The van der Waals surface area contributed by atoms with Gasteiger partial charge in [0.2, 0.25) is 0 Å². The first kappa shape index (κ1) is 10.2. The van der Waals surface area contributed by atoms with Crippen LogP contribution in [0.3, 0.4) is 0 Å². The van der Waals surface area contributed by atoms with Crippen LogP contribution in [-0.2, 0) is 6.42 Å². The quantitative estimate of drug-likeness (QED) is 0.771. The highest BCUT2D eigenvalue weighted by Gasteiger charge is 2.23. The zero-order chi connectivity index (χ0) is 10.7. The van der Waals surface area contributed by atoms with Gasteiger partial charge in [0.1, 0.15) is 0 Å². The van der Waals surface area contributed by atoms with Crippen molar-refractivity contribution < 1.29 is 4.79 Å². The minimum Gasteiger partial charge on any atom is -0.349 e. The highest BCUT2D eigenvalue weighted by molar-refractivity contribution is 5.94. The average Bonchev–Trinajstić information content (AvgIpc) is 3.03. The van der Waals surface area contributed by atoms with Crippen molar-refractivity contribution in [2.45, 2.75) is 25.3 Å². The van der Waals surface area contributed by atoms with Gasteiger partial charge in [-0.1, -0.05) is 12.1 Å². The zero-order valence-corrected chi connectivity index (χ0v) is 8.70. The summed E-state index contributed by atoms with van der Waals surface area (Å²) in [5.41, 5.74) is 7.37. The van der Waals surface area contributed by atoms with E-state index >= 15 is 0 Å². The van der Waals surface area contributed by atoms with E-state index in [1.807, 2.05) is 24.3 Å². The van der Waals surface area contributed by atoms with Crippen molar-refractivity contribution in [1.82, 2.24) is 5.32 Å². The second-order valence-electron chi connectivity index (χ2n) is 3.98. The lowest BCUT2D eigenvalue weighted by Crippen LogP contribution is -2.25. The number of hydrogen-bond donors (Lipinski definition) is 2. The molecule has 0 heterocycles. The van der Waals surface area contributed by atoms with Gasteiger partial charge in [-0.2, -0.15) is 0 Å². The fourth-order valence-electron chi connectivity index (χ4n) is 1.49. The molecule has 0 unspecified atom stereocenters. The summed E-state index contributed by atoms with van der Waals surface area (Å²) in [6, 6.07) is 8.08. The minimum absolute atomic E-state index is 0.0387. The number of nitrogens with two attached hydrogens (primary N) is 1. The van der Waals surface area contributed by atoms with Crippen LogP contribution in [0.5, 0.6) is 0 Å². The van der Waals surface area contributed by atoms with E-state index in [1.165, 1.54) is 5.56 Å². The largest absolute Gasteiger partial charge is 0.349 e. The molecule has 0 aromatic heterocycles. The maximum Gasteiger partial charge on any atom is 0.251 e. The molecule has 3 nitrogen and oxygen atoms in total. The summed E-state index contributed by atoms with van der Waals surface area (Å²) in [6.07, 6.45) is 3.11. The first-order chi connectivity index (χ1) is 7.29. The summed E-state index contributed by atoms with van der Waals surface area (Å²) < 4.78 is 0. The predicted octanol–water partition coefficient (Wildman–Crippen LogP) is 1.08. The Kier molecular flexibility index (Phi) is 3.02. The molecule has 0 bridgehead atoms. The van der Waals surface area contributed by atoms with E-state index in [9.17, 15) is 4.79 Å². The molecule has 0 aliphatic heterocycles. The van der Waals surface area contributed by atoms with Crippen molar-refractivity contribution in [3.05, 3.63) is 35.4 Å². The molecular formula is C12H16N2O. The van der Waals surface area contributed by atoms with E-state index in [0.717, 1.165) is 24.8 Å². The van der Waals surface area contributed by atoms with Crippen molar-refractivity contribution in [2.24, 2.45) is 5.73 Å². The second-order valence-corrected chi connectivity index (χ2v) is 3.98. The van der Waals surface area contributed by atoms with Gasteiger partial charge in [0.25, 0.3) is 5.91 Å². The van der Waals surface area contributed by atoms with Crippen LogP contribution in [0.2, 0.25) is 0 Å². The molecule has 1 aromatic carbocycles. The number of amides is 1. The predicted molar refractivity (Wildman–Crippen MR) is 59.7 cm³/mol. The molecular weight excluding hydrogens is 188 g/mol. The lowest BCUT2D eigenvalue weighted by Gasteiger charge is -2.04. The summed E-state index contributed by atoms with van der Waals surface area (Å²) in [5.74, 6) is 0.0387. The van der Waals surface area contributed by atoms with Gasteiger partial charge in [-0.05, 0) is 43.5 Å². The maximum absolute atomic E-state index is 11.6. The van der Waals surface area contributed by atoms with Gasteiger partial charge in [0.05, 0.1) is 0 Å². The van der Waals surface area contributed by atoms with Gasteiger partial charge in [-0.15, -0.1) is 0 Å². The van der Waals surface area contributed by atoms with Crippen molar-refractivity contribution in [1.29, 1.82) is 0 Å². The Morgan fingerprint density at radius 3 is 2.53 bits per heavy atom. The number of rotatable bonds is 4. The maximum atomic E-state index is 11.6. The fraction of sp³-hybridized carbons (Fsp3) is 0.417. The second kappa shape index (κ2) is 4.45. The van der Waals surface area contributed by atoms with E-state index in [0.29, 0.717) is 12.6 Å². The Labute approximate surface area is 89.7 Å². The van der Waals surface area contributed by atoms with E-state index < -0.39 is 0 Å². The average molecular weight is 204 g/mol. The Bertz CT molecular complexity index is 341. The Morgan fingerprint density at radius 2 is 2.00 bits per heavy atom. The SMILES string of the molecule is NCCc1ccc(C(=O)NC2CC2)cc1. The van der Waals surface area contributed by atoms with E-state index in [2.05, 4.69) is 5.32 Å². The number of carbonyl (C=O) groups is 1. The Balaban J connectivity index is 1.98. The molecule has 0 saturated heterocycles. The lowest BCUT2D eigenvalue weighted by molar-refractivity contribution is 0.0951. The molecule has 1 aromatic rings. The van der Waals surface area contributed by atoms with Crippen LogP contribution in [-0.4, -0.2) is 18.5 Å². The Hall–Kier alpha value is -1.35. The zero-order valence-electron chi connectivity index (χ0n) is 8.70. The molecule has 2 rings (SSSR count).